The number of nitrogens with two attached hydrogens (primary N) is 3. The summed E-state index contributed by atoms with van der Waals surface area (Å²) in [7, 11) is 0. The first-order chi connectivity index (χ1) is 17.1. The Morgan fingerprint density at radius 2 is 1.74 bits per heavy atom. The van der Waals surface area contributed by atoms with Gasteiger partial charge in [-0.15, -0.1) is 0 Å². The summed E-state index contributed by atoms with van der Waals surface area (Å²) in [6.07, 6.45) is 6.02. The first-order valence-electron chi connectivity index (χ1n) is 11.8. The molecule has 0 spiro atoms. The van der Waals surface area contributed by atoms with Gasteiger partial charge in [-0.3, -0.25) is 9.98 Å². The molecule has 0 bridgehead atoms. The highest BCUT2D eigenvalue weighted by atomic mass is 15.3. The van der Waals surface area contributed by atoms with E-state index in [-0.39, 0.29) is 0 Å². The molecule has 0 aliphatic rings. The Balaban J connectivity index is 1.76. The molecule has 0 atom stereocenters. The lowest BCUT2D eigenvalue weighted by Crippen LogP contribution is -2.32. The van der Waals surface area contributed by atoms with Gasteiger partial charge in [-0.25, -0.2) is 10.8 Å². The zero-order valence-electron chi connectivity index (χ0n) is 20.2. The number of unbranched alkanes of at least 4 members (excludes halogenated alkanes) is 1. The number of rotatable bonds is 10. The van der Waals surface area contributed by atoms with E-state index in [9.17, 15) is 0 Å². The van der Waals surface area contributed by atoms with Gasteiger partial charge < -0.3 is 17.0 Å². The predicted octanol–water partition coefficient (Wildman–Crippen LogP) is 3.56. The number of nitrogens with zero attached hydrogens (tertiary/aromatic N) is 4. The Bertz CT molecular complexity index is 1150. The monoisotopic (exact) mass is 470 g/mol. The number of pyridine rings is 1. The summed E-state index contributed by atoms with van der Waals surface area (Å²) in [6.45, 7) is 2.88. The fraction of sp³-hybridized carbons (Fsp3) is 0.259. The summed E-state index contributed by atoms with van der Waals surface area (Å²) in [6, 6.07) is 21.9. The van der Waals surface area contributed by atoms with E-state index in [2.05, 4.69) is 39.6 Å². The lowest BCUT2D eigenvalue weighted by atomic mass is 10.0. The number of hydrazine groups is 1. The van der Waals surface area contributed by atoms with E-state index in [4.69, 9.17) is 22.4 Å². The van der Waals surface area contributed by atoms with Crippen molar-refractivity contribution in [3.05, 3.63) is 89.6 Å². The van der Waals surface area contributed by atoms with Crippen LogP contribution in [0.25, 0.3) is 11.3 Å². The molecule has 0 aliphatic carbocycles. The van der Waals surface area contributed by atoms with Crippen LogP contribution in [0.5, 0.6) is 0 Å². The molecule has 0 amide bonds. The van der Waals surface area contributed by atoms with Crippen LogP contribution in [0, 0.1) is 0 Å². The van der Waals surface area contributed by atoms with Crippen LogP contribution in [0.15, 0.2) is 88.0 Å². The van der Waals surface area contributed by atoms with E-state index in [0.29, 0.717) is 24.5 Å². The van der Waals surface area contributed by atoms with Gasteiger partial charge in [0.1, 0.15) is 11.7 Å². The topological polar surface area (TPSA) is 140 Å². The minimum absolute atomic E-state index is 0.386. The Hall–Kier alpha value is -4.04. The van der Waals surface area contributed by atoms with Crippen molar-refractivity contribution in [2.24, 2.45) is 32.5 Å². The molecule has 7 N–H and O–H groups in total. The van der Waals surface area contributed by atoms with E-state index in [1.54, 1.807) is 0 Å². The van der Waals surface area contributed by atoms with Crippen molar-refractivity contribution < 1.29 is 0 Å². The Morgan fingerprint density at radius 1 is 0.971 bits per heavy atom. The summed E-state index contributed by atoms with van der Waals surface area (Å²) in [4.78, 5) is 14.0. The number of aryl methyl sites for hydroxylation is 1. The fourth-order valence-electron chi connectivity index (χ4n) is 3.60. The zero-order chi connectivity index (χ0) is 24.9. The molecule has 8 heteroatoms. The number of aliphatic imine (C=N–C) groups is 2. The molecule has 3 rings (SSSR count). The van der Waals surface area contributed by atoms with E-state index < -0.39 is 0 Å². The lowest BCUT2D eigenvalue weighted by molar-refractivity contribution is 0.805. The third kappa shape index (κ3) is 7.75. The molecule has 0 unspecified atom stereocenters. The molecule has 3 aromatic rings. The van der Waals surface area contributed by atoms with Crippen LogP contribution in [0.2, 0.25) is 0 Å². The lowest BCUT2D eigenvalue weighted by Gasteiger charge is -2.11. The van der Waals surface area contributed by atoms with Crippen molar-refractivity contribution in [2.75, 3.05) is 6.54 Å². The highest BCUT2D eigenvalue weighted by Crippen LogP contribution is 2.22. The second-order valence-corrected chi connectivity index (χ2v) is 8.14. The number of hydrogen-bond donors (Lipinski definition) is 4. The van der Waals surface area contributed by atoms with Crippen molar-refractivity contribution in [3.63, 3.8) is 0 Å². The molecule has 0 fully saturated rings. The van der Waals surface area contributed by atoms with Crippen molar-refractivity contribution in [1.29, 1.82) is 0 Å². The quantitative estimate of drug-likeness (QED) is 0.118. The summed E-state index contributed by atoms with van der Waals surface area (Å²) < 4.78 is 0. The standard InChI is InChI=1S/C27H34N8/c1-2-3-17-31-26(33-25(28)16-14-20-9-5-4-6-10-20)18-21-13-15-24(32-19-21)22-11-7-8-12-23(22)27(34-29)35-30/h4-13,15,19H,2-3,14,16-18,29-30H2,1H3,(H,34,35)(H2,28,31,33). The summed E-state index contributed by atoms with van der Waals surface area (Å²) >= 11 is 0. The molecule has 1 aromatic heterocycles. The zero-order valence-corrected chi connectivity index (χ0v) is 20.2. The Labute approximate surface area is 207 Å². The molecule has 0 radical (unpaired) electrons. The molecule has 182 valence electrons. The Kier molecular flexibility index (Phi) is 9.95. The number of hydrogen-bond acceptors (Lipinski definition) is 5. The second kappa shape index (κ2) is 13.6. The molecule has 2 aromatic carbocycles. The van der Waals surface area contributed by atoms with E-state index in [1.165, 1.54) is 5.56 Å². The fourth-order valence-corrected chi connectivity index (χ4v) is 3.60. The highest BCUT2D eigenvalue weighted by molar-refractivity contribution is 6.03. The summed E-state index contributed by atoms with van der Waals surface area (Å²) in [5.74, 6) is 12.7. The number of aromatic nitrogens is 1. The highest BCUT2D eigenvalue weighted by Gasteiger charge is 2.11. The normalized spacial score (nSPS) is 12.6. The van der Waals surface area contributed by atoms with Crippen LogP contribution in [-0.4, -0.2) is 29.0 Å². The van der Waals surface area contributed by atoms with Crippen molar-refractivity contribution in [2.45, 2.75) is 39.0 Å². The first kappa shape index (κ1) is 25.6. The average molecular weight is 471 g/mol. The average Bonchev–Trinajstić information content (AvgIpc) is 2.90. The molecule has 35 heavy (non-hydrogen) atoms. The molecular weight excluding hydrogens is 436 g/mol. The molecule has 0 saturated heterocycles. The molecule has 0 aliphatic heterocycles. The van der Waals surface area contributed by atoms with Gasteiger partial charge in [-0.2, -0.15) is 5.10 Å². The van der Waals surface area contributed by atoms with Gasteiger partial charge in [0.25, 0.3) is 0 Å². The molecular formula is C27H34N8. The van der Waals surface area contributed by atoms with Gasteiger partial charge in [-0.05, 0) is 30.0 Å². The van der Waals surface area contributed by atoms with Crippen molar-refractivity contribution >= 4 is 17.5 Å². The van der Waals surface area contributed by atoms with Crippen molar-refractivity contribution in [3.8, 4) is 11.3 Å². The third-order valence-corrected chi connectivity index (χ3v) is 5.50. The first-order valence-corrected chi connectivity index (χ1v) is 11.8. The summed E-state index contributed by atoms with van der Waals surface area (Å²) in [5, 5.41) is 3.73. The van der Waals surface area contributed by atoms with E-state index in [0.717, 1.165) is 54.0 Å². The van der Waals surface area contributed by atoms with Crippen LogP contribution < -0.4 is 22.8 Å². The Morgan fingerprint density at radius 3 is 2.43 bits per heavy atom. The van der Waals surface area contributed by atoms with Gasteiger partial charge >= 0.3 is 0 Å². The number of benzene rings is 2. The summed E-state index contributed by atoms with van der Waals surface area (Å²) in [5.41, 5.74) is 13.5. The van der Waals surface area contributed by atoms with Gasteiger partial charge in [0.05, 0.1) is 5.69 Å². The van der Waals surface area contributed by atoms with Crippen LogP contribution in [0.3, 0.4) is 0 Å². The van der Waals surface area contributed by atoms with Crippen LogP contribution in [0.1, 0.15) is 42.9 Å². The van der Waals surface area contributed by atoms with E-state index >= 15 is 0 Å². The van der Waals surface area contributed by atoms with Gasteiger partial charge in [0.15, 0.2) is 5.84 Å². The maximum atomic E-state index is 6.27. The predicted molar refractivity (Wildman–Crippen MR) is 145 cm³/mol. The maximum absolute atomic E-state index is 6.27. The number of nitrogens with one attached hydrogen (secondary N) is 1. The van der Waals surface area contributed by atoms with E-state index in [1.807, 2.05) is 60.8 Å². The van der Waals surface area contributed by atoms with Gasteiger partial charge in [0.2, 0.25) is 0 Å². The molecule has 0 saturated carbocycles. The maximum Gasteiger partial charge on any atom is 0.167 e. The number of hydrazone groups is 1. The minimum atomic E-state index is 0.386. The molecule has 1 heterocycles. The van der Waals surface area contributed by atoms with Crippen LogP contribution in [0.4, 0.5) is 0 Å². The van der Waals surface area contributed by atoms with Gasteiger partial charge in [-0.1, -0.05) is 74.0 Å². The number of amidine groups is 3. The SMILES string of the molecule is CCCCN=C(Cc1ccc(-c2ccccc2/C(=N/N)NN)nc1)N=C(N)CCc1ccccc1. The van der Waals surface area contributed by atoms with Gasteiger partial charge in [0, 0.05) is 36.7 Å². The minimum Gasteiger partial charge on any atom is -0.387 e. The largest absolute Gasteiger partial charge is 0.387 e. The van der Waals surface area contributed by atoms with Crippen molar-refractivity contribution in [1.82, 2.24) is 10.4 Å². The third-order valence-electron chi connectivity index (χ3n) is 5.50. The second-order valence-electron chi connectivity index (χ2n) is 8.14. The van der Waals surface area contributed by atoms with Crippen LogP contribution >= 0.6 is 0 Å². The molecule has 8 nitrogen and oxygen atoms in total. The smallest absolute Gasteiger partial charge is 0.167 e. The van der Waals surface area contributed by atoms with Crippen LogP contribution in [-0.2, 0) is 12.8 Å².